The summed E-state index contributed by atoms with van der Waals surface area (Å²) in [6, 6.07) is 11.0. The van der Waals surface area contributed by atoms with Crippen molar-refractivity contribution in [3.8, 4) is 17.2 Å². The van der Waals surface area contributed by atoms with Crippen molar-refractivity contribution in [3.05, 3.63) is 65.1 Å². The van der Waals surface area contributed by atoms with Crippen LogP contribution in [0, 0.1) is 31.0 Å². The van der Waals surface area contributed by atoms with E-state index in [9.17, 15) is 22.9 Å². The Hall–Kier alpha value is -4.08. The van der Waals surface area contributed by atoms with Crippen LogP contribution in [0.3, 0.4) is 0 Å². The van der Waals surface area contributed by atoms with Gasteiger partial charge in [0.15, 0.2) is 0 Å². The van der Waals surface area contributed by atoms with E-state index in [2.05, 4.69) is 5.16 Å². The number of hydrogen-bond acceptors (Lipinski definition) is 7. The topological polar surface area (TPSA) is 125 Å². The second kappa shape index (κ2) is 9.53. The molecule has 1 unspecified atom stereocenters. The molecule has 10 nitrogen and oxygen atoms in total. The molecule has 1 amide bonds. The summed E-state index contributed by atoms with van der Waals surface area (Å²) in [7, 11) is -3.39. The first-order valence-electron chi connectivity index (χ1n) is 13.0. The number of nitriles is 1. The number of carbonyl (C=O) groups excluding carboxylic acids is 1. The number of nitrogens with zero attached hydrogens (tertiary/aromatic N) is 6. The zero-order valence-corrected chi connectivity index (χ0v) is 23.1. The van der Waals surface area contributed by atoms with Crippen molar-refractivity contribution in [1.82, 2.24) is 19.0 Å². The second-order valence-corrected chi connectivity index (χ2v) is 12.4. The van der Waals surface area contributed by atoms with Crippen LogP contribution in [-0.4, -0.2) is 52.7 Å². The third kappa shape index (κ3) is 4.35. The number of imidazole rings is 1. The van der Waals surface area contributed by atoms with Crippen molar-refractivity contribution >= 4 is 32.7 Å². The number of halogens is 1. The molecule has 0 spiro atoms. The first-order chi connectivity index (χ1) is 19.0. The van der Waals surface area contributed by atoms with Crippen LogP contribution >= 0.6 is 0 Å². The van der Waals surface area contributed by atoms with Gasteiger partial charge < -0.3 is 14.0 Å². The van der Waals surface area contributed by atoms with Crippen molar-refractivity contribution in [1.29, 1.82) is 5.26 Å². The van der Waals surface area contributed by atoms with Crippen molar-refractivity contribution in [2.45, 2.75) is 45.2 Å². The summed E-state index contributed by atoms with van der Waals surface area (Å²) in [5, 5.41) is 13.5. The number of aromatic nitrogens is 3. The summed E-state index contributed by atoms with van der Waals surface area (Å²) < 4.78 is 48.0. The molecule has 0 aliphatic carbocycles. The van der Waals surface area contributed by atoms with Gasteiger partial charge in [0, 0.05) is 30.8 Å². The molecule has 12 heteroatoms. The van der Waals surface area contributed by atoms with Gasteiger partial charge in [0.25, 0.3) is 0 Å². The molecule has 40 heavy (non-hydrogen) atoms. The van der Waals surface area contributed by atoms with Gasteiger partial charge >= 0.3 is 0 Å². The number of hydrogen-bond donors (Lipinski definition) is 0. The van der Waals surface area contributed by atoms with Crippen molar-refractivity contribution in [2.24, 2.45) is 0 Å². The number of sulfonamides is 1. The van der Waals surface area contributed by atoms with Crippen molar-refractivity contribution < 1.29 is 22.1 Å². The monoisotopic (exact) mass is 562 g/mol. The van der Waals surface area contributed by atoms with Gasteiger partial charge in [-0.2, -0.15) is 5.26 Å². The number of benzene rings is 2. The Balaban J connectivity index is 1.52. The molecular weight excluding hydrogens is 535 g/mol. The molecule has 6 rings (SSSR count). The highest BCUT2D eigenvalue weighted by atomic mass is 32.2. The summed E-state index contributed by atoms with van der Waals surface area (Å²) in [5.41, 5.74) is 4.41. The van der Waals surface area contributed by atoms with Crippen LogP contribution in [0.1, 0.15) is 54.2 Å². The van der Waals surface area contributed by atoms with E-state index in [0.717, 1.165) is 28.4 Å². The minimum atomic E-state index is -3.39. The molecule has 2 aliphatic rings. The van der Waals surface area contributed by atoms with Gasteiger partial charge in [0.1, 0.15) is 17.4 Å². The third-order valence-electron chi connectivity index (χ3n) is 7.80. The van der Waals surface area contributed by atoms with Gasteiger partial charge in [-0.05, 0) is 62.6 Å². The van der Waals surface area contributed by atoms with E-state index in [4.69, 9.17) is 9.51 Å². The Morgan fingerprint density at radius 1 is 1.15 bits per heavy atom. The molecular formula is C28H27FN6O4S. The minimum absolute atomic E-state index is 0.116. The van der Waals surface area contributed by atoms with Crippen molar-refractivity contribution in [3.63, 3.8) is 0 Å². The van der Waals surface area contributed by atoms with Crippen LogP contribution in [0.2, 0.25) is 0 Å². The van der Waals surface area contributed by atoms with Crippen LogP contribution in [-0.2, 0) is 14.8 Å². The van der Waals surface area contributed by atoms with E-state index in [1.165, 1.54) is 27.6 Å². The molecule has 4 aromatic rings. The van der Waals surface area contributed by atoms with Gasteiger partial charge in [-0.25, -0.2) is 22.1 Å². The van der Waals surface area contributed by atoms with E-state index in [-0.39, 0.29) is 30.5 Å². The Morgan fingerprint density at radius 3 is 2.62 bits per heavy atom. The largest absolute Gasteiger partial charge is 0.361 e. The van der Waals surface area contributed by atoms with Crippen LogP contribution < -0.4 is 4.90 Å². The smallest absolute Gasteiger partial charge is 0.227 e. The molecule has 206 valence electrons. The van der Waals surface area contributed by atoms with Gasteiger partial charge in [0.05, 0.1) is 46.7 Å². The fraction of sp³-hybridized carbons (Fsp3) is 0.357. The predicted molar refractivity (Wildman–Crippen MR) is 145 cm³/mol. The van der Waals surface area contributed by atoms with E-state index in [1.54, 1.807) is 0 Å². The first kappa shape index (κ1) is 26.2. The third-order valence-corrected chi connectivity index (χ3v) is 9.07. The van der Waals surface area contributed by atoms with E-state index >= 15 is 0 Å². The maximum Gasteiger partial charge on any atom is 0.227 e. The fourth-order valence-corrected chi connectivity index (χ4v) is 6.92. The Kier molecular flexibility index (Phi) is 6.23. The molecule has 0 bridgehead atoms. The number of carbonyl (C=O) groups is 1. The molecule has 0 radical (unpaired) electrons. The predicted octanol–water partition coefficient (Wildman–Crippen LogP) is 4.39. The summed E-state index contributed by atoms with van der Waals surface area (Å²) in [5.74, 6) is 0.478. The van der Waals surface area contributed by atoms with E-state index in [0.29, 0.717) is 42.2 Å². The molecule has 4 heterocycles. The number of amides is 1. The average Bonchev–Trinajstić information content (AvgIpc) is 3.67. The lowest BCUT2D eigenvalue weighted by molar-refractivity contribution is -0.117. The normalized spacial score (nSPS) is 20.1. The molecule has 2 fully saturated rings. The Bertz CT molecular complexity index is 1800. The van der Waals surface area contributed by atoms with Gasteiger partial charge in [-0.1, -0.05) is 11.2 Å². The van der Waals surface area contributed by atoms with Crippen LogP contribution in [0.15, 0.2) is 40.9 Å². The van der Waals surface area contributed by atoms with Crippen LogP contribution in [0.4, 0.5) is 10.1 Å². The summed E-state index contributed by atoms with van der Waals surface area (Å²) in [6.45, 7) is 4.37. The number of rotatable bonds is 5. The number of fused-ring (bicyclic) bond motifs is 1. The maximum absolute atomic E-state index is 14.4. The van der Waals surface area contributed by atoms with E-state index < -0.39 is 21.9 Å². The fourth-order valence-electron chi connectivity index (χ4n) is 6.04. The second-order valence-electron chi connectivity index (χ2n) is 10.4. The van der Waals surface area contributed by atoms with E-state index in [1.807, 2.05) is 42.7 Å². The Morgan fingerprint density at radius 2 is 1.95 bits per heavy atom. The molecule has 2 saturated heterocycles. The average molecular weight is 563 g/mol. The van der Waals surface area contributed by atoms with Gasteiger partial charge in [-0.3, -0.25) is 4.79 Å². The highest BCUT2D eigenvalue weighted by molar-refractivity contribution is 7.88. The minimum Gasteiger partial charge on any atom is -0.361 e. The van der Waals surface area contributed by atoms with Gasteiger partial charge in [-0.15, -0.1) is 0 Å². The SMILES string of the molecule is Cc1noc(C)c1-c1ccc2c(c1)nc(C1CCC(=O)N1c1cc(F)cc(C#N)c1)n2[C@@H]1CCN(S(C)(=O)=O)C1. The first-order valence-corrected chi connectivity index (χ1v) is 14.8. The zero-order valence-electron chi connectivity index (χ0n) is 22.3. The molecule has 2 aliphatic heterocycles. The highest BCUT2D eigenvalue weighted by Crippen LogP contribution is 2.41. The molecule has 2 atom stereocenters. The molecule has 2 aromatic heterocycles. The molecule has 0 saturated carbocycles. The number of anilines is 1. The lowest BCUT2D eigenvalue weighted by Crippen LogP contribution is -2.31. The summed E-state index contributed by atoms with van der Waals surface area (Å²) in [4.78, 5) is 19.7. The van der Waals surface area contributed by atoms with Gasteiger partial charge in [0.2, 0.25) is 15.9 Å². The lowest BCUT2D eigenvalue weighted by atomic mass is 10.0. The standard InChI is InChI=1S/C28H27FN6O4S/c1-16-27(17(2)39-32-16)19-4-5-24-23(12-19)31-28(35(24)21-8-9-33(15-21)40(3,37)38)25-6-7-26(36)34(25)22-11-18(14-30)10-20(29)13-22/h4-5,10-13,21,25H,6-9,15H2,1-3H3/t21-,25?/m1/s1. The zero-order chi connectivity index (χ0) is 28.3. The molecule has 2 aromatic carbocycles. The number of aryl methyl sites for hydroxylation is 2. The Labute approximate surface area is 230 Å². The van der Waals surface area contributed by atoms with Crippen LogP contribution in [0.25, 0.3) is 22.2 Å². The quantitative estimate of drug-likeness (QED) is 0.353. The highest BCUT2D eigenvalue weighted by Gasteiger charge is 2.40. The lowest BCUT2D eigenvalue weighted by Gasteiger charge is -2.27. The van der Waals surface area contributed by atoms with Crippen LogP contribution in [0.5, 0.6) is 0 Å². The van der Waals surface area contributed by atoms with Crippen molar-refractivity contribution in [2.75, 3.05) is 24.2 Å². The molecule has 0 N–H and O–H groups in total. The summed E-state index contributed by atoms with van der Waals surface area (Å²) >= 11 is 0. The summed E-state index contributed by atoms with van der Waals surface area (Å²) in [6.07, 6.45) is 2.46. The maximum atomic E-state index is 14.4.